The van der Waals surface area contributed by atoms with E-state index in [0.29, 0.717) is 0 Å². The molecule has 1 fully saturated rings. The van der Waals surface area contributed by atoms with Gasteiger partial charge in [0.05, 0.1) is 16.2 Å². The highest BCUT2D eigenvalue weighted by Gasteiger charge is 2.43. The zero-order valence-corrected chi connectivity index (χ0v) is 14.6. The van der Waals surface area contributed by atoms with Gasteiger partial charge in [-0.2, -0.15) is 5.10 Å². The molecule has 0 atom stereocenters. The molecule has 1 aliphatic heterocycles. The average Bonchev–Trinajstić information content (AvgIpc) is 2.78. The highest BCUT2D eigenvalue weighted by Crippen LogP contribution is 2.18. The third-order valence-corrected chi connectivity index (χ3v) is 3.85. The van der Waals surface area contributed by atoms with Crippen molar-refractivity contribution in [2.24, 2.45) is 5.10 Å². The molecule has 0 radical (unpaired) electrons. The Balaban J connectivity index is 1.97. The van der Waals surface area contributed by atoms with Crippen LogP contribution in [0, 0.1) is 10.1 Å². The van der Waals surface area contributed by atoms with Crippen LogP contribution in [0.25, 0.3) is 0 Å². The van der Waals surface area contributed by atoms with Gasteiger partial charge in [-0.05, 0) is 26.8 Å². The molecule has 1 aliphatic rings. The van der Waals surface area contributed by atoms with E-state index in [0.717, 1.165) is 4.90 Å². The zero-order chi connectivity index (χ0) is 19.5. The fourth-order valence-corrected chi connectivity index (χ4v) is 2.44. The molecule has 0 spiro atoms. The average molecular weight is 361 g/mol. The number of amides is 4. The molecule has 1 aromatic rings. The molecule has 138 valence electrons. The predicted octanol–water partition coefficient (Wildman–Crippen LogP) is 1.16. The van der Waals surface area contributed by atoms with E-state index in [9.17, 15) is 24.5 Å². The third kappa shape index (κ3) is 4.02. The summed E-state index contributed by atoms with van der Waals surface area (Å²) in [7, 11) is 0. The number of nitro groups is 1. The summed E-state index contributed by atoms with van der Waals surface area (Å²) in [6, 6.07) is 5.48. The van der Waals surface area contributed by atoms with Crippen molar-refractivity contribution in [3.05, 3.63) is 39.9 Å². The van der Waals surface area contributed by atoms with E-state index in [-0.39, 0.29) is 29.9 Å². The number of nitro benzene ring substituents is 1. The third-order valence-electron chi connectivity index (χ3n) is 3.85. The van der Waals surface area contributed by atoms with Gasteiger partial charge in [-0.15, -0.1) is 0 Å². The topological polar surface area (TPSA) is 134 Å². The van der Waals surface area contributed by atoms with Crippen LogP contribution in [0.15, 0.2) is 29.4 Å². The van der Waals surface area contributed by atoms with E-state index in [1.165, 1.54) is 25.1 Å². The summed E-state index contributed by atoms with van der Waals surface area (Å²) in [5, 5.41) is 17.4. The number of hydrogen-bond acceptors (Lipinski definition) is 6. The number of benzene rings is 1. The first-order chi connectivity index (χ1) is 12.1. The summed E-state index contributed by atoms with van der Waals surface area (Å²) in [4.78, 5) is 47.1. The summed E-state index contributed by atoms with van der Waals surface area (Å²) < 4.78 is 0. The standard InChI is InChI=1S/C16H19N5O5/c1-10(11-6-4-5-7-12(11)21(25)26)18-19-13(22)8-9-20-14(23)16(2,3)17-15(20)24/h4-7H,8-9H2,1-3H3,(H,17,24)(H,19,22)/b18-10-. The van der Waals surface area contributed by atoms with Gasteiger partial charge in [-0.25, -0.2) is 10.2 Å². The lowest BCUT2D eigenvalue weighted by Crippen LogP contribution is -2.40. The van der Waals surface area contributed by atoms with Gasteiger partial charge < -0.3 is 5.32 Å². The van der Waals surface area contributed by atoms with E-state index in [1.54, 1.807) is 19.9 Å². The Labute approximate surface area is 149 Å². The van der Waals surface area contributed by atoms with Crippen LogP contribution in [0.5, 0.6) is 0 Å². The normalized spacial score (nSPS) is 16.4. The molecular weight excluding hydrogens is 342 g/mol. The fraction of sp³-hybridized carbons (Fsp3) is 0.375. The quantitative estimate of drug-likeness (QED) is 0.339. The summed E-state index contributed by atoms with van der Waals surface area (Å²) in [5.41, 5.74) is 1.72. The van der Waals surface area contributed by atoms with Crippen LogP contribution in [-0.2, 0) is 9.59 Å². The first-order valence-corrected chi connectivity index (χ1v) is 7.84. The van der Waals surface area contributed by atoms with Gasteiger partial charge in [-0.1, -0.05) is 12.1 Å². The maximum atomic E-state index is 12.0. The Morgan fingerprint density at radius 1 is 1.35 bits per heavy atom. The lowest BCUT2D eigenvalue weighted by Gasteiger charge is -2.15. The maximum absolute atomic E-state index is 12.0. The van der Waals surface area contributed by atoms with E-state index >= 15 is 0 Å². The molecular formula is C16H19N5O5. The molecule has 1 saturated heterocycles. The predicted molar refractivity (Wildman–Crippen MR) is 92.4 cm³/mol. The number of rotatable bonds is 6. The van der Waals surface area contributed by atoms with E-state index in [1.807, 2.05) is 0 Å². The molecule has 0 saturated carbocycles. The molecule has 1 heterocycles. The minimum absolute atomic E-state index is 0.0834. The van der Waals surface area contributed by atoms with Crippen molar-refractivity contribution in [3.8, 4) is 0 Å². The van der Waals surface area contributed by atoms with Crippen LogP contribution in [0.3, 0.4) is 0 Å². The highest BCUT2D eigenvalue weighted by molar-refractivity contribution is 6.06. The number of carbonyl (C=O) groups is 3. The van der Waals surface area contributed by atoms with E-state index < -0.39 is 28.3 Å². The first-order valence-electron chi connectivity index (χ1n) is 7.84. The van der Waals surface area contributed by atoms with E-state index in [2.05, 4.69) is 15.8 Å². The van der Waals surface area contributed by atoms with E-state index in [4.69, 9.17) is 0 Å². The van der Waals surface area contributed by atoms with Gasteiger partial charge in [0.25, 0.3) is 11.6 Å². The highest BCUT2D eigenvalue weighted by atomic mass is 16.6. The molecule has 0 aromatic heterocycles. The molecule has 26 heavy (non-hydrogen) atoms. The number of nitrogens with one attached hydrogen (secondary N) is 2. The van der Waals surface area contributed by atoms with Crippen LogP contribution >= 0.6 is 0 Å². The first kappa shape index (κ1) is 19.0. The van der Waals surface area contributed by atoms with Crippen molar-refractivity contribution >= 4 is 29.2 Å². The van der Waals surface area contributed by atoms with Crippen molar-refractivity contribution in [1.29, 1.82) is 0 Å². The zero-order valence-electron chi connectivity index (χ0n) is 14.6. The largest absolute Gasteiger partial charge is 0.325 e. The lowest BCUT2D eigenvalue weighted by molar-refractivity contribution is -0.385. The Kier molecular flexibility index (Phi) is 5.34. The Morgan fingerprint density at radius 2 is 2.00 bits per heavy atom. The molecule has 4 amide bonds. The maximum Gasteiger partial charge on any atom is 0.325 e. The number of imide groups is 1. The molecule has 2 N–H and O–H groups in total. The monoisotopic (exact) mass is 361 g/mol. The molecule has 2 rings (SSSR count). The molecule has 10 nitrogen and oxygen atoms in total. The van der Waals surface area contributed by atoms with Crippen LogP contribution < -0.4 is 10.7 Å². The number of urea groups is 1. The second kappa shape index (κ2) is 7.30. The molecule has 0 aliphatic carbocycles. The molecule has 1 aromatic carbocycles. The SMILES string of the molecule is C/C(=N/NC(=O)CCN1C(=O)NC(C)(C)C1=O)c1ccccc1[N+](=O)[O-]. The molecule has 0 bridgehead atoms. The minimum atomic E-state index is -0.992. The fourth-order valence-electron chi connectivity index (χ4n) is 2.44. The summed E-state index contributed by atoms with van der Waals surface area (Å²) in [6.45, 7) is 4.60. The van der Waals surface area contributed by atoms with Crippen LogP contribution in [0.4, 0.5) is 10.5 Å². The molecule has 0 unspecified atom stereocenters. The summed E-state index contributed by atoms with van der Waals surface area (Å²) in [5.74, 6) is -0.928. The Bertz CT molecular complexity index is 802. The van der Waals surface area contributed by atoms with Crippen LogP contribution in [0.1, 0.15) is 32.8 Å². The van der Waals surface area contributed by atoms with Gasteiger partial charge in [-0.3, -0.25) is 24.6 Å². The van der Waals surface area contributed by atoms with Crippen molar-refractivity contribution < 1.29 is 19.3 Å². The van der Waals surface area contributed by atoms with Crippen molar-refractivity contribution in [1.82, 2.24) is 15.6 Å². The number of carbonyl (C=O) groups excluding carboxylic acids is 3. The van der Waals surface area contributed by atoms with Crippen LogP contribution in [-0.4, -0.2) is 45.5 Å². The van der Waals surface area contributed by atoms with Gasteiger partial charge >= 0.3 is 6.03 Å². The summed E-state index contributed by atoms with van der Waals surface area (Å²) in [6.07, 6.45) is -0.136. The number of hydrazone groups is 1. The number of hydrogen-bond donors (Lipinski definition) is 2. The van der Waals surface area contributed by atoms with Crippen molar-refractivity contribution in [2.75, 3.05) is 6.54 Å². The second-order valence-corrected chi connectivity index (χ2v) is 6.27. The van der Waals surface area contributed by atoms with Gasteiger partial charge in [0.15, 0.2) is 0 Å². The van der Waals surface area contributed by atoms with Gasteiger partial charge in [0.1, 0.15) is 5.54 Å². The number of para-hydroxylation sites is 1. The smallest absolute Gasteiger partial charge is 0.324 e. The van der Waals surface area contributed by atoms with Crippen LogP contribution in [0.2, 0.25) is 0 Å². The Hall–Kier alpha value is -3.30. The van der Waals surface area contributed by atoms with Gasteiger partial charge in [0, 0.05) is 19.0 Å². The second-order valence-electron chi connectivity index (χ2n) is 6.27. The van der Waals surface area contributed by atoms with Crippen molar-refractivity contribution in [2.45, 2.75) is 32.7 Å². The Morgan fingerprint density at radius 3 is 2.58 bits per heavy atom. The lowest BCUT2D eigenvalue weighted by atomic mass is 10.1. The molecule has 10 heteroatoms. The van der Waals surface area contributed by atoms with Gasteiger partial charge in [0.2, 0.25) is 5.91 Å². The van der Waals surface area contributed by atoms with Crippen molar-refractivity contribution in [3.63, 3.8) is 0 Å². The minimum Gasteiger partial charge on any atom is -0.324 e. The number of nitrogens with zero attached hydrogens (tertiary/aromatic N) is 3. The summed E-state index contributed by atoms with van der Waals surface area (Å²) >= 11 is 0.